The smallest absolute Gasteiger partial charge is 0.248 e. The van der Waals surface area contributed by atoms with Gasteiger partial charge in [-0.2, -0.15) is 0 Å². The number of H-pyrrole nitrogens is 1. The summed E-state index contributed by atoms with van der Waals surface area (Å²) in [4.78, 5) is 32.6. The lowest BCUT2D eigenvalue weighted by Gasteiger charge is -2.31. The molecule has 1 saturated carbocycles. The lowest BCUT2D eigenvalue weighted by atomic mass is 9.90. The maximum Gasteiger partial charge on any atom is 0.248 e. The molecule has 1 aliphatic carbocycles. The van der Waals surface area contributed by atoms with E-state index in [0.717, 1.165) is 80.1 Å². The molecule has 8 heteroatoms. The van der Waals surface area contributed by atoms with E-state index in [0.29, 0.717) is 18.9 Å². The topological polar surface area (TPSA) is 84.1 Å². The summed E-state index contributed by atoms with van der Waals surface area (Å²) in [5.74, 6) is 3.15. The number of ether oxygens (including phenoxy) is 3. The number of aromatic amines is 1. The summed E-state index contributed by atoms with van der Waals surface area (Å²) in [5, 5.41) is 0.942. The lowest BCUT2D eigenvalue weighted by Crippen LogP contribution is -2.41. The van der Waals surface area contributed by atoms with Crippen LogP contribution in [-0.4, -0.2) is 74.2 Å². The van der Waals surface area contributed by atoms with Gasteiger partial charge >= 0.3 is 0 Å². The molecule has 4 rings (SSSR count). The Kier molecular flexibility index (Phi) is 14.1. The highest BCUT2D eigenvalue weighted by Gasteiger charge is 2.20. The van der Waals surface area contributed by atoms with E-state index in [1.54, 1.807) is 20.3 Å². The average molecular weight is 620 g/mol. The average Bonchev–Trinajstić information content (AvgIpc) is 3.04. The fourth-order valence-corrected chi connectivity index (χ4v) is 6.31. The number of rotatable bonds is 17. The summed E-state index contributed by atoms with van der Waals surface area (Å²) in [5.41, 5.74) is 1.91. The predicted octanol–water partition coefficient (Wildman–Crippen LogP) is 6.85. The van der Waals surface area contributed by atoms with Crippen LogP contribution in [-0.2, 0) is 11.2 Å². The largest absolute Gasteiger partial charge is 0.494 e. The van der Waals surface area contributed by atoms with Crippen molar-refractivity contribution < 1.29 is 19.0 Å². The summed E-state index contributed by atoms with van der Waals surface area (Å²) in [6, 6.07) is 15.2. The normalized spacial score (nSPS) is 14.2. The molecule has 0 saturated heterocycles. The fraction of sp³-hybridized carbons (Fsp3) is 0.568. The van der Waals surface area contributed by atoms with Gasteiger partial charge in [-0.1, -0.05) is 45.1 Å². The van der Waals surface area contributed by atoms with Gasteiger partial charge in [-0.25, -0.2) is 0 Å². The van der Waals surface area contributed by atoms with Crippen molar-refractivity contribution in [2.75, 3.05) is 53.6 Å². The number of nitrogens with zero attached hydrogens (tertiary/aromatic N) is 2. The molecule has 2 aromatic carbocycles. The van der Waals surface area contributed by atoms with Crippen LogP contribution in [0.3, 0.4) is 0 Å². The van der Waals surface area contributed by atoms with E-state index in [1.807, 2.05) is 24.3 Å². The van der Waals surface area contributed by atoms with Gasteiger partial charge in [0.05, 0.1) is 20.8 Å². The zero-order valence-electron chi connectivity index (χ0n) is 27.7. The third-order valence-electron chi connectivity index (χ3n) is 9.10. The number of fused-ring (bicyclic) bond motifs is 1. The zero-order valence-corrected chi connectivity index (χ0v) is 27.7. The number of methoxy groups -OCH3 is 2. The molecule has 0 spiro atoms. The first kappa shape index (κ1) is 34.4. The Morgan fingerprint density at radius 2 is 1.64 bits per heavy atom. The van der Waals surface area contributed by atoms with Gasteiger partial charge in [0.25, 0.3) is 0 Å². The molecular formula is C37H53N3O5. The molecular weight excluding hydrogens is 566 g/mol. The van der Waals surface area contributed by atoms with Gasteiger partial charge in [0, 0.05) is 49.6 Å². The second-order valence-electron chi connectivity index (χ2n) is 12.3. The molecule has 1 heterocycles. The number of benzene rings is 2. The molecule has 8 nitrogen and oxygen atoms in total. The van der Waals surface area contributed by atoms with E-state index >= 15 is 0 Å². The quantitative estimate of drug-likeness (QED) is 0.167. The minimum Gasteiger partial charge on any atom is -0.494 e. The second-order valence-corrected chi connectivity index (χ2v) is 12.3. The first-order valence-corrected chi connectivity index (χ1v) is 17.0. The van der Waals surface area contributed by atoms with E-state index in [1.165, 1.54) is 56.6 Å². The molecule has 246 valence electrons. The highest BCUT2D eigenvalue weighted by Crippen LogP contribution is 2.28. The number of carbonyl (C=O) groups is 1. The highest BCUT2D eigenvalue weighted by atomic mass is 16.5. The van der Waals surface area contributed by atoms with Crippen molar-refractivity contribution >= 4 is 16.8 Å². The number of likely N-dealkylation sites (N-methyl/N-ethyl adjacent to an activating group) is 1. The molecule has 1 aliphatic rings. The fourth-order valence-electron chi connectivity index (χ4n) is 6.31. The zero-order chi connectivity index (χ0) is 31.9. The first-order valence-electron chi connectivity index (χ1n) is 17.0. The third kappa shape index (κ3) is 11.1. The first-order chi connectivity index (χ1) is 22.0. The SMILES string of the molecule is CCN(CCc1ccc(OC)c(OC)c1)CCN(CC1CCCCCCC1)C(=O)CCCCOc1ccc2[nH]c(=O)ccc2c1. The lowest BCUT2D eigenvalue weighted by molar-refractivity contribution is -0.132. The number of hydrogen-bond donors (Lipinski definition) is 1. The summed E-state index contributed by atoms with van der Waals surface area (Å²) in [6.45, 7) is 7.15. The Balaban J connectivity index is 1.28. The van der Waals surface area contributed by atoms with Crippen molar-refractivity contribution in [1.82, 2.24) is 14.8 Å². The van der Waals surface area contributed by atoms with Crippen LogP contribution in [0.4, 0.5) is 0 Å². The predicted molar refractivity (Wildman–Crippen MR) is 182 cm³/mol. The van der Waals surface area contributed by atoms with Gasteiger partial charge in [0.2, 0.25) is 11.5 Å². The molecule has 0 bridgehead atoms. The van der Waals surface area contributed by atoms with Crippen LogP contribution in [0.5, 0.6) is 17.2 Å². The third-order valence-corrected chi connectivity index (χ3v) is 9.10. The van der Waals surface area contributed by atoms with Crippen molar-refractivity contribution in [3.05, 3.63) is 64.4 Å². The number of aromatic nitrogens is 1. The van der Waals surface area contributed by atoms with Crippen molar-refractivity contribution in [2.24, 2.45) is 5.92 Å². The Morgan fingerprint density at radius 3 is 2.40 bits per heavy atom. The minimum absolute atomic E-state index is 0.110. The van der Waals surface area contributed by atoms with Gasteiger partial charge in [-0.3, -0.25) is 9.59 Å². The number of hydrogen-bond acceptors (Lipinski definition) is 6. The van der Waals surface area contributed by atoms with Crippen molar-refractivity contribution in [1.29, 1.82) is 0 Å². The minimum atomic E-state index is -0.110. The van der Waals surface area contributed by atoms with Crippen LogP contribution in [0.15, 0.2) is 53.3 Å². The highest BCUT2D eigenvalue weighted by molar-refractivity contribution is 5.79. The molecule has 1 amide bonds. The summed E-state index contributed by atoms with van der Waals surface area (Å²) < 4.78 is 16.9. The van der Waals surface area contributed by atoms with Gasteiger partial charge < -0.3 is 29.0 Å². The molecule has 3 aromatic rings. The van der Waals surface area contributed by atoms with Gasteiger partial charge in [-0.15, -0.1) is 0 Å². The number of pyridine rings is 1. The standard InChI is InChI=1S/C37H53N3O5/c1-4-39(22-21-29-15-19-34(43-2)35(26-29)44-3)23-24-40(28-30-12-8-6-5-7-9-13-30)37(42)14-10-11-25-45-32-17-18-33-31(27-32)16-20-36(41)38-33/h15-20,26-27,30H,4-14,21-25,28H2,1-3H3,(H,38,41). The van der Waals surface area contributed by atoms with E-state index in [4.69, 9.17) is 14.2 Å². The molecule has 0 aliphatic heterocycles. The second kappa shape index (κ2) is 18.4. The summed E-state index contributed by atoms with van der Waals surface area (Å²) in [7, 11) is 3.33. The molecule has 0 radical (unpaired) electrons. The van der Waals surface area contributed by atoms with Crippen molar-refractivity contribution in [2.45, 2.75) is 77.6 Å². The van der Waals surface area contributed by atoms with Crippen molar-refractivity contribution in [3.63, 3.8) is 0 Å². The number of unbranched alkanes of at least 4 members (excludes halogenated alkanes) is 1. The maximum atomic E-state index is 13.6. The number of carbonyl (C=O) groups excluding carboxylic acids is 1. The summed E-state index contributed by atoms with van der Waals surface area (Å²) in [6.07, 6.45) is 12.1. The van der Waals surface area contributed by atoms with Crippen LogP contribution >= 0.6 is 0 Å². The van der Waals surface area contributed by atoms with Crippen LogP contribution in [0.2, 0.25) is 0 Å². The molecule has 1 aromatic heterocycles. The van der Waals surface area contributed by atoms with Crippen molar-refractivity contribution in [3.8, 4) is 17.2 Å². The van der Waals surface area contributed by atoms with E-state index in [2.05, 4.69) is 33.8 Å². The van der Waals surface area contributed by atoms with E-state index < -0.39 is 0 Å². The van der Waals surface area contributed by atoms with Crippen LogP contribution in [0, 0.1) is 5.92 Å². The Hall–Kier alpha value is -3.52. The van der Waals surface area contributed by atoms with Gasteiger partial charge in [-0.05, 0) is 86.5 Å². The molecule has 45 heavy (non-hydrogen) atoms. The monoisotopic (exact) mass is 619 g/mol. The molecule has 1 N–H and O–H groups in total. The maximum absolute atomic E-state index is 13.6. The number of nitrogens with one attached hydrogen (secondary N) is 1. The molecule has 0 atom stereocenters. The van der Waals surface area contributed by atoms with Crippen LogP contribution in [0.1, 0.15) is 76.7 Å². The molecule has 0 unspecified atom stereocenters. The summed E-state index contributed by atoms with van der Waals surface area (Å²) >= 11 is 0. The van der Waals surface area contributed by atoms with Gasteiger partial charge in [0.1, 0.15) is 5.75 Å². The van der Waals surface area contributed by atoms with E-state index in [-0.39, 0.29) is 11.5 Å². The Morgan fingerprint density at radius 1 is 0.867 bits per heavy atom. The molecule has 1 fully saturated rings. The Labute approximate surface area is 269 Å². The van der Waals surface area contributed by atoms with Gasteiger partial charge in [0.15, 0.2) is 11.5 Å². The number of amides is 1. The van der Waals surface area contributed by atoms with E-state index in [9.17, 15) is 9.59 Å². The Bertz CT molecular complexity index is 1380. The van der Waals surface area contributed by atoms with Crippen LogP contribution < -0.4 is 19.8 Å². The van der Waals surface area contributed by atoms with Crippen LogP contribution in [0.25, 0.3) is 10.9 Å².